The van der Waals surface area contributed by atoms with E-state index in [1.807, 2.05) is 24.3 Å². The maximum absolute atomic E-state index is 13.2. The lowest BCUT2D eigenvalue weighted by molar-refractivity contribution is -0.119. The maximum Gasteiger partial charge on any atom is 0.337 e. The Morgan fingerprint density at radius 1 is 1.30 bits per heavy atom. The Bertz CT molecular complexity index is 1180. The normalized spacial score (nSPS) is 13.4. The molecule has 0 bridgehead atoms. The molecule has 0 fully saturated rings. The molecule has 0 aliphatic carbocycles. The van der Waals surface area contributed by atoms with E-state index in [1.165, 1.54) is 9.95 Å². The summed E-state index contributed by atoms with van der Waals surface area (Å²) >= 11 is 1.11. The number of benzene rings is 1. The molecule has 3 heterocycles. The number of hydrogen-bond acceptors (Lipinski definition) is 6. The van der Waals surface area contributed by atoms with Crippen LogP contribution in [-0.2, 0) is 28.9 Å². The average Bonchev–Trinajstić information content (AvgIpc) is 3.18. The van der Waals surface area contributed by atoms with Crippen molar-refractivity contribution in [1.29, 1.82) is 0 Å². The molecule has 156 valence electrons. The summed E-state index contributed by atoms with van der Waals surface area (Å²) in [6.07, 6.45) is 2.09. The molecule has 8 nitrogen and oxygen atoms in total. The van der Waals surface area contributed by atoms with Gasteiger partial charge in [-0.15, -0.1) is 11.3 Å². The lowest BCUT2D eigenvalue weighted by Gasteiger charge is -2.30. The Morgan fingerprint density at radius 3 is 2.87 bits per heavy atom. The molecular weight excluding hydrogens is 406 g/mol. The van der Waals surface area contributed by atoms with Crippen LogP contribution in [0.3, 0.4) is 0 Å². The van der Waals surface area contributed by atoms with Crippen LogP contribution in [0, 0.1) is 0 Å². The van der Waals surface area contributed by atoms with Crippen molar-refractivity contribution >= 4 is 39.1 Å². The Hall–Kier alpha value is -3.04. The Kier molecular flexibility index (Phi) is 5.65. The molecule has 0 atom stereocenters. The Balaban J connectivity index is 1.76. The number of thiophene rings is 1. The van der Waals surface area contributed by atoms with Gasteiger partial charge in [-0.2, -0.15) is 0 Å². The second kappa shape index (κ2) is 8.37. The number of aromatic carboxylic acids is 1. The number of anilines is 1. The van der Waals surface area contributed by atoms with Crippen LogP contribution in [-0.4, -0.2) is 46.8 Å². The third kappa shape index (κ3) is 3.61. The first-order valence-electron chi connectivity index (χ1n) is 9.62. The number of ether oxygens (including phenoxy) is 1. The summed E-state index contributed by atoms with van der Waals surface area (Å²) in [4.78, 5) is 44.5. The topological polar surface area (TPSA) is 102 Å². The largest absolute Gasteiger partial charge is 0.478 e. The van der Waals surface area contributed by atoms with Crippen molar-refractivity contribution in [3.63, 3.8) is 0 Å². The minimum Gasteiger partial charge on any atom is -0.478 e. The van der Waals surface area contributed by atoms with Gasteiger partial charge < -0.3 is 14.7 Å². The number of nitrogens with zero attached hydrogens (tertiary/aromatic N) is 3. The molecule has 1 aliphatic rings. The third-order valence-corrected chi connectivity index (χ3v) is 6.11. The molecule has 0 saturated heterocycles. The van der Waals surface area contributed by atoms with E-state index in [-0.39, 0.29) is 23.4 Å². The predicted octanol–water partition coefficient (Wildman–Crippen LogP) is 2.32. The first kappa shape index (κ1) is 20.2. The van der Waals surface area contributed by atoms with Crippen LogP contribution in [0.5, 0.6) is 0 Å². The van der Waals surface area contributed by atoms with Crippen LogP contribution in [0.1, 0.15) is 28.2 Å². The maximum atomic E-state index is 13.2. The van der Waals surface area contributed by atoms with Crippen LogP contribution in [0.25, 0.3) is 10.2 Å². The van der Waals surface area contributed by atoms with E-state index in [0.717, 1.165) is 35.4 Å². The van der Waals surface area contributed by atoms with Gasteiger partial charge in [0.2, 0.25) is 5.91 Å². The molecule has 0 saturated carbocycles. The molecule has 3 aromatic rings. The van der Waals surface area contributed by atoms with Crippen molar-refractivity contribution in [3.8, 4) is 0 Å². The van der Waals surface area contributed by atoms with E-state index < -0.39 is 11.5 Å². The quantitative estimate of drug-likeness (QED) is 0.648. The van der Waals surface area contributed by atoms with Crippen LogP contribution in [0.4, 0.5) is 5.69 Å². The number of carboxylic acid groups (broad SMARTS) is 1. The summed E-state index contributed by atoms with van der Waals surface area (Å²) in [5.41, 5.74) is 1.36. The highest BCUT2D eigenvalue weighted by atomic mass is 32.1. The van der Waals surface area contributed by atoms with Crippen LogP contribution < -0.4 is 10.5 Å². The summed E-state index contributed by atoms with van der Waals surface area (Å²) in [6.45, 7) is 0.701. The Morgan fingerprint density at radius 2 is 2.10 bits per heavy atom. The fourth-order valence-electron chi connectivity index (χ4n) is 3.78. The van der Waals surface area contributed by atoms with Crippen molar-refractivity contribution in [1.82, 2.24) is 9.55 Å². The number of methoxy groups -OCH3 is 1. The zero-order valence-corrected chi connectivity index (χ0v) is 17.3. The molecular formula is C21H21N3O5S. The summed E-state index contributed by atoms with van der Waals surface area (Å²) in [5, 5.41) is 10.9. The van der Waals surface area contributed by atoms with Crippen molar-refractivity contribution in [2.45, 2.75) is 25.8 Å². The van der Waals surface area contributed by atoms with Gasteiger partial charge in [-0.25, -0.2) is 9.78 Å². The number of hydrogen-bond donors (Lipinski definition) is 1. The van der Waals surface area contributed by atoms with Crippen LogP contribution in [0.15, 0.2) is 34.4 Å². The van der Waals surface area contributed by atoms with Crippen molar-refractivity contribution < 1.29 is 19.4 Å². The summed E-state index contributed by atoms with van der Waals surface area (Å²) in [5.74, 6) is -1.00. The van der Waals surface area contributed by atoms with E-state index in [4.69, 9.17) is 4.74 Å². The molecule has 4 rings (SSSR count). The smallest absolute Gasteiger partial charge is 0.337 e. The van der Waals surface area contributed by atoms with Gasteiger partial charge >= 0.3 is 5.97 Å². The molecule has 1 N–H and O–H groups in total. The highest BCUT2D eigenvalue weighted by Crippen LogP contribution is 2.27. The second-order valence-electron chi connectivity index (χ2n) is 7.07. The van der Waals surface area contributed by atoms with E-state index in [9.17, 15) is 19.5 Å². The number of aromatic nitrogens is 2. The first-order valence-corrected chi connectivity index (χ1v) is 10.5. The van der Waals surface area contributed by atoms with Crippen molar-refractivity contribution in [3.05, 3.63) is 57.0 Å². The Labute approximate surface area is 176 Å². The molecule has 30 heavy (non-hydrogen) atoms. The number of aryl methyl sites for hydroxylation is 1. The van der Waals surface area contributed by atoms with Gasteiger partial charge in [-0.05, 0) is 24.5 Å². The molecule has 9 heteroatoms. The van der Waals surface area contributed by atoms with E-state index in [1.54, 1.807) is 12.0 Å². The van der Waals surface area contributed by atoms with Gasteiger partial charge in [0.05, 0.1) is 17.6 Å². The zero-order chi connectivity index (χ0) is 21.3. The molecule has 1 aromatic carbocycles. The highest BCUT2D eigenvalue weighted by Gasteiger charge is 2.25. The number of amides is 1. The van der Waals surface area contributed by atoms with Gasteiger partial charge in [0.25, 0.3) is 5.56 Å². The monoisotopic (exact) mass is 427 g/mol. The SMILES string of the molecule is COCCc1nc2scc(C(=O)O)c2c(=O)n1CC(=O)N1CCCc2ccccc21. The molecule has 1 amide bonds. The van der Waals surface area contributed by atoms with E-state index >= 15 is 0 Å². The summed E-state index contributed by atoms with van der Waals surface area (Å²) in [7, 11) is 1.55. The van der Waals surface area contributed by atoms with Gasteiger partial charge in [0, 0.05) is 31.1 Å². The van der Waals surface area contributed by atoms with Gasteiger partial charge in [-0.3, -0.25) is 14.2 Å². The molecule has 0 unspecified atom stereocenters. The number of para-hydroxylation sites is 1. The standard InChI is InChI=1S/C21H21N3O5S/c1-29-10-8-16-22-19-18(14(12-30-19)21(27)28)20(26)24(16)11-17(25)23-9-4-6-13-5-2-3-7-15(13)23/h2-3,5,7,12H,4,6,8-11H2,1H3,(H,27,28). The first-order chi connectivity index (χ1) is 14.5. The number of fused-ring (bicyclic) bond motifs is 2. The molecule has 0 radical (unpaired) electrons. The van der Waals surface area contributed by atoms with Gasteiger partial charge in [-0.1, -0.05) is 18.2 Å². The average molecular weight is 427 g/mol. The fourth-order valence-corrected chi connectivity index (χ4v) is 4.71. The number of rotatable bonds is 6. The molecule has 1 aliphatic heterocycles. The fraction of sp³-hybridized carbons (Fsp3) is 0.333. The van der Waals surface area contributed by atoms with E-state index in [0.29, 0.717) is 30.2 Å². The summed E-state index contributed by atoms with van der Waals surface area (Å²) < 4.78 is 6.41. The van der Waals surface area contributed by atoms with Crippen LogP contribution in [0.2, 0.25) is 0 Å². The minimum absolute atomic E-state index is 0.0421. The number of carbonyl (C=O) groups is 2. The second-order valence-corrected chi connectivity index (χ2v) is 7.93. The highest BCUT2D eigenvalue weighted by molar-refractivity contribution is 7.17. The minimum atomic E-state index is -1.19. The van der Waals surface area contributed by atoms with Crippen molar-refractivity contribution in [2.75, 3.05) is 25.2 Å². The third-order valence-electron chi connectivity index (χ3n) is 5.24. The van der Waals surface area contributed by atoms with Crippen LogP contribution >= 0.6 is 11.3 Å². The van der Waals surface area contributed by atoms with Gasteiger partial charge in [0.1, 0.15) is 17.2 Å². The lowest BCUT2D eigenvalue weighted by atomic mass is 10.0. The van der Waals surface area contributed by atoms with E-state index in [2.05, 4.69) is 4.98 Å². The van der Waals surface area contributed by atoms with Gasteiger partial charge in [0.15, 0.2) is 0 Å². The number of carbonyl (C=O) groups excluding carboxylic acids is 1. The zero-order valence-electron chi connectivity index (χ0n) is 16.5. The van der Waals surface area contributed by atoms with Crippen molar-refractivity contribution in [2.24, 2.45) is 0 Å². The summed E-state index contributed by atoms with van der Waals surface area (Å²) in [6, 6.07) is 7.74. The number of carboxylic acids is 1. The predicted molar refractivity (Wildman–Crippen MR) is 114 cm³/mol. The lowest BCUT2D eigenvalue weighted by Crippen LogP contribution is -2.40. The molecule has 0 spiro atoms. The molecule has 2 aromatic heterocycles.